The van der Waals surface area contributed by atoms with Gasteiger partial charge in [0.25, 0.3) is 11.5 Å². The number of carbonyl (C=O) groups is 2. The number of ether oxygens (including phenoxy) is 1. The number of fused-ring (bicyclic) bond motifs is 1. The van der Waals surface area contributed by atoms with Crippen molar-refractivity contribution in [3.05, 3.63) is 63.2 Å². The van der Waals surface area contributed by atoms with Gasteiger partial charge in [-0.05, 0) is 64.5 Å². The molecule has 0 radical (unpaired) electrons. The summed E-state index contributed by atoms with van der Waals surface area (Å²) in [5.74, 6) is -0.589. The summed E-state index contributed by atoms with van der Waals surface area (Å²) >= 11 is 0. The highest BCUT2D eigenvalue weighted by atomic mass is 19.4. The second kappa shape index (κ2) is 11.7. The summed E-state index contributed by atoms with van der Waals surface area (Å²) in [5, 5.41) is 3.66. The second-order valence-corrected chi connectivity index (χ2v) is 12.0. The van der Waals surface area contributed by atoms with Crippen LogP contribution in [-0.4, -0.2) is 52.6 Å². The van der Waals surface area contributed by atoms with Gasteiger partial charge in [-0.15, -0.1) is 0 Å². The molecular weight excluding hydrogens is 561 g/mol. The average Bonchev–Trinajstić information content (AvgIpc) is 3.59. The van der Waals surface area contributed by atoms with E-state index in [1.807, 2.05) is 31.2 Å². The van der Waals surface area contributed by atoms with E-state index in [4.69, 9.17) is 4.74 Å². The lowest BCUT2D eigenvalue weighted by Gasteiger charge is -2.40. The fourth-order valence-electron chi connectivity index (χ4n) is 7.19. The third-order valence-corrected chi connectivity index (χ3v) is 9.58. The lowest BCUT2D eigenvalue weighted by atomic mass is 9.82. The Morgan fingerprint density at radius 1 is 1.14 bits per heavy atom. The molecule has 43 heavy (non-hydrogen) atoms. The van der Waals surface area contributed by atoms with Crippen LogP contribution in [-0.2, 0) is 11.3 Å². The number of methoxy groups -OCH3 is 1. The van der Waals surface area contributed by atoms with E-state index in [1.165, 1.54) is 12.0 Å². The molecule has 1 aromatic carbocycles. The van der Waals surface area contributed by atoms with Crippen LogP contribution < -0.4 is 15.6 Å². The predicted octanol–water partition coefficient (Wildman–Crippen LogP) is 5.81. The Labute approximate surface area is 248 Å². The first-order valence-corrected chi connectivity index (χ1v) is 14.9. The number of piperidine rings is 1. The molecule has 1 unspecified atom stereocenters. The summed E-state index contributed by atoms with van der Waals surface area (Å²) in [5.41, 5.74) is 0.546. The van der Waals surface area contributed by atoms with Gasteiger partial charge in [0, 0.05) is 41.4 Å². The highest BCUT2D eigenvalue weighted by Crippen LogP contribution is 2.52. The summed E-state index contributed by atoms with van der Waals surface area (Å²) in [4.78, 5) is 43.5. The summed E-state index contributed by atoms with van der Waals surface area (Å²) in [7, 11) is 1.47. The Morgan fingerprint density at radius 2 is 1.79 bits per heavy atom. The van der Waals surface area contributed by atoms with Gasteiger partial charge in [-0.2, -0.15) is 13.2 Å². The summed E-state index contributed by atoms with van der Waals surface area (Å²) < 4.78 is 49.6. The van der Waals surface area contributed by atoms with Crippen LogP contribution in [0.25, 0.3) is 10.9 Å². The molecule has 11 heteroatoms. The number of pyridine rings is 1. The maximum atomic E-state index is 14.0. The molecule has 232 valence electrons. The average molecular weight is 601 g/mol. The van der Waals surface area contributed by atoms with Gasteiger partial charge in [-0.25, -0.2) is 0 Å². The van der Waals surface area contributed by atoms with Crippen LogP contribution in [0.1, 0.15) is 78.8 Å². The number of benzene rings is 1. The molecule has 3 aromatic rings. The number of carbonyl (C=O) groups excluding carboxylic acids is 2. The minimum Gasteiger partial charge on any atom is -0.496 e. The molecule has 5 rings (SSSR count). The number of aromatic nitrogens is 2. The first kappa shape index (κ1) is 30.7. The molecule has 1 saturated carbocycles. The van der Waals surface area contributed by atoms with Crippen LogP contribution in [0.4, 0.5) is 13.2 Å². The van der Waals surface area contributed by atoms with Gasteiger partial charge in [0.2, 0.25) is 5.91 Å². The Kier molecular flexibility index (Phi) is 8.37. The topological polar surface area (TPSA) is 96.4 Å². The monoisotopic (exact) mass is 600 g/mol. The van der Waals surface area contributed by atoms with E-state index in [-0.39, 0.29) is 55.9 Å². The largest absolute Gasteiger partial charge is 0.496 e. The van der Waals surface area contributed by atoms with E-state index >= 15 is 0 Å². The molecule has 1 aliphatic carbocycles. The van der Waals surface area contributed by atoms with Gasteiger partial charge in [0.05, 0.1) is 24.8 Å². The molecule has 1 saturated heterocycles. The number of hydrogen-bond acceptors (Lipinski definition) is 4. The number of aromatic amines is 1. The lowest BCUT2D eigenvalue weighted by Crippen LogP contribution is -2.53. The third kappa shape index (κ3) is 5.42. The number of H-pyrrole nitrogens is 1. The number of halogens is 3. The summed E-state index contributed by atoms with van der Waals surface area (Å²) in [6.07, 6.45) is -2.81. The van der Waals surface area contributed by atoms with Crippen LogP contribution in [0.3, 0.4) is 0 Å². The van der Waals surface area contributed by atoms with Crippen LogP contribution >= 0.6 is 0 Å². The van der Waals surface area contributed by atoms with E-state index in [0.717, 1.165) is 16.6 Å². The molecule has 0 spiro atoms. The lowest BCUT2D eigenvalue weighted by molar-refractivity contribution is -0.226. The van der Waals surface area contributed by atoms with Gasteiger partial charge in [-0.1, -0.05) is 31.0 Å². The first-order valence-electron chi connectivity index (χ1n) is 14.9. The Balaban J connectivity index is 1.35. The molecule has 2 aliphatic rings. The SMILES string of the molecule is COc1cc(C)[nH]c(=O)c1CNC(=O)c1c(C)n(C(C)C2CCN(C(=O)C3(C(F)(F)F)CCCC3)CC2)c2ccccc12. The number of hydrogen-bond donors (Lipinski definition) is 2. The van der Waals surface area contributed by atoms with Crippen molar-refractivity contribution < 1.29 is 27.5 Å². The normalized spacial score (nSPS) is 18.2. The second-order valence-electron chi connectivity index (χ2n) is 12.0. The van der Waals surface area contributed by atoms with E-state index in [0.29, 0.717) is 48.3 Å². The minimum atomic E-state index is -4.54. The van der Waals surface area contributed by atoms with Gasteiger partial charge < -0.3 is 24.5 Å². The number of aryl methyl sites for hydroxylation is 1. The van der Waals surface area contributed by atoms with Crippen molar-refractivity contribution in [1.29, 1.82) is 0 Å². The number of alkyl halides is 3. The first-order chi connectivity index (χ1) is 20.4. The molecule has 3 heterocycles. The fraction of sp³-hybridized carbons (Fsp3) is 0.531. The molecular formula is C32H39F3N4O4. The fourth-order valence-corrected chi connectivity index (χ4v) is 7.19. The van der Waals surface area contributed by atoms with Gasteiger partial charge in [0.1, 0.15) is 11.2 Å². The Hall–Kier alpha value is -3.76. The van der Waals surface area contributed by atoms with E-state index in [9.17, 15) is 27.6 Å². The predicted molar refractivity (Wildman–Crippen MR) is 157 cm³/mol. The van der Waals surface area contributed by atoms with Gasteiger partial charge >= 0.3 is 6.18 Å². The van der Waals surface area contributed by atoms with Crippen LogP contribution in [0, 0.1) is 25.2 Å². The van der Waals surface area contributed by atoms with Crippen molar-refractivity contribution in [2.75, 3.05) is 20.2 Å². The molecule has 2 N–H and O–H groups in total. The zero-order chi connectivity index (χ0) is 31.1. The van der Waals surface area contributed by atoms with Crippen molar-refractivity contribution in [2.45, 2.75) is 78.1 Å². The van der Waals surface area contributed by atoms with Crippen molar-refractivity contribution in [3.63, 3.8) is 0 Å². The molecule has 1 aliphatic heterocycles. The van der Waals surface area contributed by atoms with Crippen molar-refractivity contribution >= 4 is 22.7 Å². The van der Waals surface area contributed by atoms with Gasteiger partial charge in [-0.3, -0.25) is 14.4 Å². The molecule has 2 amide bonds. The summed E-state index contributed by atoms with van der Waals surface area (Å²) in [6, 6.07) is 9.26. The van der Waals surface area contributed by atoms with Crippen LogP contribution in [0.2, 0.25) is 0 Å². The van der Waals surface area contributed by atoms with Crippen LogP contribution in [0.5, 0.6) is 5.75 Å². The van der Waals surface area contributed by atoms with Crippen molar-refractivity contribution in [3.8, 4) is 5.75 Å². The standard InChI is InChI=1S/C32H39F3N4O4/c1-19-17-26(43-4)24(28(40)37-19)18-36-29(41)27-21(3)39(25-10-6-5-9-23(25)27)20(2)22-11-15-38(16-12-22)30(42)31(32(33,34)35)13-7-8-14-31/h5-6,9-10,17,20,22H,7-8,11-16,18H2,1-4H3,(H,36,41)(H,37,40). The number of amides is 2. The van der Waals surface area contributed by atoms with Crippen LogP contribution in [0.15, 0.2) is 35.1 Å². The maximum Gasteiger partial charge on any atom is 0.403 e. The van der Waals surface area contributed by atoms with Crippen molar-refractivity contribution in [2.24, 2.45) is 11.3 Å². The van der Waals surface area contributed by atoms with E-state index in [1.54, 1.807) is 13.0 Å². The zero-order valence-corrected chi connectivity index (χ0v) is 25.1. The number of rotatable bonds is 7. The highest BCUT2D eigenvalue weighted by molar-refractivity contribution is 6.08. The highest BCUT2D eigenvalue weighted by Gasteiger charge is 2.62. The Bertz CT molecular complexity index is 1580. The van der Waals surface area contributed by atoms with Crippen molar-refractivity contribution in [1.82, 2.24) is 19.8 Å². The minimum absolute atomic E-state index is 0.0158. The quantitative estimate of drug-likeness (QED) is 0.358. The molecule has 0 bridgehead atoms. The molecule has 2 fully saturated rings. The number of nitrogens with zero attached hydrogens (tertiary/aromatic N) is 2. The molecule has 2 aromatic heterocycles. The third-order valence-electron chi connectivity index (χ3n) is 9.58. The molecule has 1 atom stereocenters. The Morgan fingerprint density at radius 3 is 2.42 bits per heavy atom. The number of nitrogens with one attached hydrogen (secondary N) is 2. The molecule has 8 nitrogen and oxygen atoms in total. The number of para-hydroxylation sites is 1. The number of likely N-dealkylation sites (tertiary alicyclic amines) is 1. The summed E-state index contributed by atoms with van der Waals surface area (Å²) in [6.45, 7) is 6.25. The van der Waals surface area contributed by atoms with Gasteiger partial charge in [0.15, 0.2) is 0 Å². The zero-order valence-electron chi connectivity index (χ0n) is 25.1. The smallest absolute Gasteiger partial charge is 0.403 e. The van der Waals surface area contributed by atoms with E-state index in [2.05, 4.69) is 21.8 Å². The maximum absolute atomic E-state index is 14.0. The van der Waals surface area contributed by atoms with E-state index < -0.39 is 17.5 Å².